The van der Waals surface area contributed by atoms with Crippen LogP contribution in [0.2, 0.25) is 0 Å². The Kier molecular flexibility index (Phi) is 11.1. The van der Waals surface area contributed by atoms with E-state index in [2.05, 4.69) is 0 Å². The van der Waals surface area contributed by atoms with Gasteiger partial charge in [-0.25, -0.2) is 0 Å². The first-order chi connectivity index (χ1) is 7.24. The lowest BCUT2D eigenvalue weighted by Gasteiger charge is -1.96. The van der Waals surface area contributed by atoms with Gasteiger partial charge in [-0.1, -0.05) is 33.8 Å². The van der Waals surface area contributed by atoms with E-state index in [9.17, 15) is 10.1 Å². The summed E-state index contributed by atoms with van der Waals surface area (Å²) in [5.74, 6) is 0.499. The SMILES string of the molecule is CC.CC.COc1cccc([N+](=O)[O-])c1. The summed E-state index contributed by atoms with van der Waals surface area (Å²) < 4.78 is 4.80. The highest BCUT2D eigenvalue weighted by atomic mass is 16.6. The van der Waals surface area contributed by atoms with Crippen LogP contribution in [0.1, 0.15) is 27.7 Å². The molecule has 1 rings (SSSR count). The van der Waals surface area contributed by atoms with E-state index in [1.807, 2.05) is 27.7 Å². The van der Waals surface area contributed by atoms with Gasteiger partial charge in [0.25, 0.3) is 5.69 Å². The first kappa shape index (κ1) is 15.9. The topological polar surface area (TPSA) is 52.4 Å². The molecule has 0 radical (unpaired) electrons. The van der Waals surface area contributed by atoms with Crippen LogP contribution in [0.15, 0.2) is 24.3 Å². The monoisotopic (exact) mass is 213 g/mol. The van der Waals surface area contributed by atoms with Gasteiger partial charge in [0.15, 0.2) is 0 Å². The van der Waals surface area contributed by atoms with Crippen LogP contribution in [0.25, 0.3) is 0 Å². The van der Waals surface area contributed by atoms with Gasteiger partial charge >= 0.3 is 0 Å². The van der Waals surface area contributed by atoms with E-state index in [1.54, 1.807) is 12.1 Å². The Bertz CT molecular complexity index is 274. The van der Waals surface area contributed by atoms with Crippen molar-refractivity contribution in [2.45, 2.75) is 27.7 Å². The summed E-state index contributed by atoms with van der Waals surface area (Å²) in [6.07, 6.45) is 0. The predicted octanol–water partition coefficient (Wildman–Crippen LogP) is 3.66. The maximum absolute atomic E-state index is 10.2. The van der Waals surface area contributed by atoms with Crippen LogP contribution in [0.4, 0.5) is 5.69 Å². The average molecular weight is 213 g/mol. The largest absolute Gasteiger partial charge is 0.497 e. The number of nitrogens with zero attached hydrogens (tertiary/aromatic N) is 1. The Morgan fingerprint density at radius 2 is 1.73 bits per heavy atom. The van der Waals surface area contributed by atoms with Crippen molar-refractivity contribution >= 4 is 5.69 Å². The van der Waals surface area contributed by atoms with Crippen LogP contribution in [0.5, 0.6) is 5.75 Å². The minimum absolute atomic E-state index is 0.0457. The van der Waals surface area contributed by atoms with Crippen LogP contribution < -0.4 is 4.74 Å². The summed E-state index contributed by atoms with van der Waals surface area (Å²) in [7, 11) is 1.47. The van der Waals surface area contributed by atoms with Crippen molar-refractivity contribution in [3.05, 3.63) is 34.4 Å². The van der Waals surface area contributed by atoms with Gasteiger partial charge in [0.05, 0.1) is 18.1 Å². The molecule has 0 atom stereocenters. The normalized spacial score (nSPS) is 7.53. The Hall–Kier alpha value is -1.58. The maximum atomic E-state index is 10.2. The third-order valence-electron chi connectivity index (χ3n) is 1.26. The average Bonchev–Trinajstić information content (AvgIpc) is 2.34. The second kappa shape index (κ2) is 10.5. The summed E-state index contributed by atoms with van der Waals surface area (Å²) in [6, 6.07) is 6.03. The number of hydrogen-bond acceptors (Lipinski definition) is 3. The molecule has 1 aromatic carbocycles. The zero-order chi connectivity index (χ0) is 12.3. The van der Waals surface area contributed by atoms with Gasteiger partial charge in [-0.2, -0.15) is 0 Å². The van der Waals surface area contributed by atoms with Crippen molar-refractivity contribution in [1.29, 1.82) is 0 Å². The Labute approximate surface area is 91.0 Å². The number of methoxy groups -OCH3 is 1. The van der Waals surface area contributed by atoms with Crippen LogP contribution in [0, 0.1) is 10.1 Å². The molecule has 0 aliphatic rings. The first-order valence-corrected chi connectivity index (χ1v) is 5.02. The smallest absolute Gasteiger partial charge is 0.273 e. The number of rotatable bonds is 2. The van der Waals surface area contributed by atoms with E-state index >= 15 is 0 Å². The molecule has 0 amide bonds. The molecule has 86 valence electrons. The number of ether oxygens (including phenoxy) is 1. The quantitative estimate of drug-likeness (QED) is 0.556. The standard InChI is InChI=1S/C7H7NO3.2C2H6/c1-11-7-4-2-3-6(5-7)8(9)10;2*1-2/h2-5H,1H3;2*1-2H3. The van der Waals surface area contributed by atoms with Gasteiger partial charge in [0, 0.05) is 6.07 Å². The molecule has 0 aromatic heterocycles. The molecule has 0 saturated heterocycles. The molecule has 4 nitrogen and oxygen atoms in total. The van der Waals surface area contributed by atoms with Gasteiger partial charge < -0.3 is 4.74 Å². The van der Waals surface area contributed by atoms with E-state index < -0.39 is 4.92 Å². The summed E-state index contributed by atoms with van der Waals surface area (Å²) in [4.78, 5) is 9.76. The molecule has 4 heteroatoms. The van der Waals surface area contributed by atoms with E-state index in [0.717, 1.165) is 0 Å². The third-order valence-corrected chi connectivity index (χ3v) is 1.26. The van der Waals surface area contributed by atoms with Gasteiger partial charge in [0.2, 0.25) is 0 Å². The molecule has 0 fully saturated rings. The number of non-ortho nitro benzene ring substituents is 1. The molecule has 0 spiro atoms. The number of nitro groups is 1. The van der Waals surface area contributed by atoms with Gasteiger partial charge in [0.1, 0.15) is 5.75 Å². The van der Waals surface area contributed by atoms with Crippen molar-refractivity contribution in [2.75, 3.05) is 7.11 Å². The highest BCUT2D eigenvalue weighted by Crippen LogP contribution is 2.17. The molecule has 1 aromatic rings. The predicted molar refractivity (Wildman–Crippen MR) is 62.3 cm³/mol. The third kappa shape index (κ3) is 6.49. The van der Waals surface area contributed by atoms with Crippen LogP contribution in [-0.4, -0.2) is 12.0 Å². The molecule has 0 unspecified atom stereocenters. The minimum atomic E-state index is -0.456. The van der Waals surface area contributed by atoms with Gasteiger partial charge in [-0.3, -0.25) is 10.1 Å². The van der Waals surface area contributed by atoms with E-state index in [0.29, 0.717) is 5.75 Å². The van der Waals surface area contributed by atoms with Gasteiger partial charge in [-0.15, -0.1) is 0 Å². The fourth-order valence-corrected chi connectivity index (χ4v) is 0.724. The van der Waals surface area contributed by atoms with Crippen LogP contribution in [-0.2, 0) is 0 Å². The van der Waals surface area contributed by atoms with Crippen molar-refractivity contribution in [3.63, 3.8) is 0 Å². The Morgan fingerprint density at radius 1 is 1.20 bits per heavy atom. The Balaban J connectivity index is 0. The molecule has 0 N–H and O–H groups in total. The molecular formula is C11H19NO3. The zero-order valence-electron chi connectivity index (χ0n) is 9.98. The van der Waals surface area contributed by atoms with E-state index in [1.165, 1.54) is 19.2 Å². The second-order valence-electron chi connectivity index (χ2n) is 1.96. The molecule has 0 saturated carbocycles. The number of nitro benzene ring substituents is 1. The van der Waals surface area contributed by atoms with Crippen molar-refractivity contribution in [2.24, 2.45) is 0 Å². The lowest BCUT2D eigenvalue weighted by molar-refractivity contribution is -0.384. The number of benzene rings is 1. The molecule has 15 heavy (non-hydrogen) atoms. The molecule has 0 aliphatic carbocycles. The highest BCUT2D eigenvalue weighted by molar-refractivity contribution is 5.37. The van der Waals surface area contributed by atoms with E-state index in [-0.39, 0.29) is 5.69 Å². The highest BCUT2D eigenvalue weighted by Gasteiger charge is 2.04. The fraction of sp³-hybridized carbons (Fsp3) is 0.455. The number of hydrogen-bond donors (Lipinski definition) is 0. The lowest BCUT2D eigenvalue weighted by atomic mass is 10.3. The van der Waals surface area contributed by atoms with Crippen LogP contribution in [0.3, 0.4) is 0 Å². The van der Waals surface area contributed by atoms with Crippen LogP contribution >= 0.6 is 0 Å². The van der Waals surface area contributed by atoms with E-state index in [4.69, 9.17) is 4.74 Å². The lowest BCUT2D eigenvalue weighted by Crippen LogP contribution is -1.88. The summed E-state index contributed by atoms with van der Waals surface area (Å²) >= 11 is 0. The zero-order valence-corrected chi connectivity index (χ0v) is 9.98. The summed E-state index contributed by atoms with van der Waals surface area (Å²) in [5, 5.41) is 10.2. The summed E-state index contributed by atoms with van der Waals surface area (Å²) in [6.45, 7) is 8.00. The Morgan fingerprint density at radius 3 is 2.13 bits per heavy atom. The van der Waals surface area contributed by atoms with Gasteiger partial charge in [-0.05, 0) is 6.07 Å². The fourth-order valence-electron chi connectivity index (χ4n) is 0.724. The first-order valence-electron chi connectivity index (χ1n) is 5.02. The summed E-state index contributed by atoms with van der Waals surface area (Å²) in [5.41, 5.74) is 0.0457. The minimum Gasteiger partial charge on any atom is -0.497 e. The second-order valence-corrected chi connectivity index (χ2v) is 1.96. The molecular weight excluding hydrogens is 194 g/mol. The maximum Gasteiger partial charge on any atom is 0.273 e. The van der Waals surface area contributed by atoms with Crippen molar-refractivity contribution in [1.82, 2.24) is 0 Å². The molecule has 0 aliphatic heterocycles. The van der Waals surface area contributed by atoms with Crippen molar-refractivity contribution in [3.8, 4) is 5.75 Å². The van der Waals surface area contributed by atoms with Crippen molar-refractivity contribution < 1.29 is 9.66 Å². The molecule has 0 bridgehead atoms. The molecule has 0 heterocycles.